The first-order chi connectivity index (χ1) is 15.2. The number of amides is 2. The van der Waals surface area contributed by atoms with E-state index in [9.17, 15) is 19.2 Å². The van der Waals surface area contributed by atoms with Crippen molar-refractivity contribution in [2.75, 3.05) is 19.6 Å². The number of carbonyl (C=O) groups is 2. The lowest BCUT2D eigenvalue weighted by molar-refractivity contribution is -0.142. The molecule has 8 heteroatoms. The summed E-state index contributed by atoms with van der Waals surface area (Å²) in [7, 11) is 0. The van der Waals surface area contributed by atoms with Crippen molar-refractivity contribution in [2.45, 2.75) is 63.8 Å². The van der Waals surface area contributed by atoms with Gasteiger partial charge < -0.3 is 15.5 Å². The van der Waals surface area contributed by atoms with Crippen LogP contribution >= 0.6 is 0 Å². The highest BCUT2D eigenvalue weighted by atomic mass is 19.1. The quantitative estimate of drug-likeness (QED) is 0.728. The molecule has 3 aliphatic rings. The summed E-state index contributed by atoms with van der Waals surface area (Å²) in [6.45, 7) is 7.70. The van der Waals surface area contributed by atoms with Gasteiger partial charge in [0.1, 0.15) is 11.9 Å². The number of benzene rings is 1. The molecule has 3 heterocycles. The first kappa shape index (κ1) is 22.7. The van der Waals surface area contributed by atoms with E-state index in [1.165, 1.54) is 12.1 Å². The lowest BCUT2D eigenvalue weighted by Gasteiger charge is -2.41. The van der Waals surface area contributed by atoms with E-state index in [0.717, 1.165) is 5.56 Å². The SMILES string of the molecule is CC1CC(C#N)N(C(=O)C(N)CN2C[C@@H]3CC2C(=O)N3[C@H](c2ccc(F)cc2)C(C)C)C1. The van der Waals surface area contributed by atoms with E-state index in [1.54, 1.807) is 17.0 Å². The fourth-order valence-electron chi connectivity index (χ4n) is 5.74. The molecule has 3 fully saturated rings. The number of nitrogens with zero attached hydrogens (tertiary/aromatic N) is 4. The maximum atomic E-state index is 13.4. The molecule has 0 aliphatic carbocycles. The van der Waals surface area contributed by atoms with Crippen LogP contribution in [0.4, 0.5) is 4.39 Å². The number of hydrogen-bond acceptors (Lipinski definition) is 5. The van der Waals surface area contributed by atoms with Gasteiger partial charge in [-0.05, 0) is 42.4 Å². The number of likely N-dealkylation sites (tertiary alicyclic amines) is 3. The van der Waals surface area contributed by atoms with E-state index in [2.05, 4.69) is 19.9 Å². The van der Waals surface area contributed by atoms with Crippen molar-refractivity contribution in [3.8, 4) is 6.07 Å². The van der Waals surface area contributed by atoms with Crippen molar-refractivity contribution >= 4 is 11.8 Å². The maximum absolute atomic E-state index is 13.4. The van der Waals surface area contributed by atoms with Crippen LogP contribution in [-0.4, -0.2) is 70.3 Å². The number of fused-ring (bicyclic) bond motifs is 2. The van der Waals surface area contributed by atoms with E-state index in [-0.39, 0.29) is 47.6 Å². The second-order valence-corrected chi connectivity index (χ2v) is 9.93. The third-order valence-electron chi connectivity index (χ3n) is 7.15. The predicted molar refractivity (Wildman–Crippen MR) is 117 cm³/mol. The van der Waals surface area contributed by atoms with Gasteiger partial charge in [0.2, 0.25) is 11.8 Å². The van der Waals surface area contributed by atoms with Gasteiger partial charge in [-0.3, -0.25) is 14.5 Å². The Kier molecular flexibility index (Phi) is 6.24. The second-order valence-electron chi connectivity index (χ2n) is 9.93. The smallest absolute Gasteiger partial charge is 0.241 e. The minimum atomic E-state index is -0.755. The molecule has 1 aromatic rings. The summed E-state index contributed by atoms with van der Waals surface area (Å²) < 4.78 is 13.4. The maximum Gasteiger partial charge on any atom is 0.241 e. The van der Waals surface area contributed by atoms with Crippen LogP contribution in [-0.2, 0) is 9.59 Å². The minimum absolute atomic E-state index is 0.0471. The van der Waals surface area contributed by atoms with Crippen molar-refractivity contribution in [3.63, 3.8) is 0 Å². The van der Waals surface area contributed by atoms with Gasteiger partial charge in [-0.15, -0.1) is 0 Å². The topological polar surface area (TPSA) is 93.7 Å². The van der Waals surface area contributed by atoms with Gasteiger partial charge in [-0.25, -0.2) is 4.39 Å². The summed E-state index contributed by atoms with van der Waals surface area (Å²) in [5.74, 6) is 0.0173. The van der Waals surface area contributed by atoms with E-state index < -0.39 is 12.1 Å². The Labute approximate surface area is 188 Å². The van der Waals surface area contributed by atoms with Gasteiger partial charge in [0, 0.05) is 25.7 Å². The molecule has 172 valence electrons. The Morgan fingerprint density at radius 2 is 1.94 bits per heavy atom. The predicted octanol–water partition coefficient (Wildman–Crippen LogP) is 1.90. The molecular formula is C24H32FN5O2. The van der Waals surface area contributed by atoms with Crippen LogP contribution in [0.15, 0.2) is 24.3 Å². The Balaban J connectivity index is 1.44. The molecule has 7 nitrogen and oxygen atoms in total. The van der Waals surface area contributed by atoms with Crippen molar-refractivity contribution in [1.29, 1.82) is 5.26 Å². The van der Waals surface area contributed by atoms with Gasteiger partial charge >= 0.3 is 0 Å². The molecule has 4 rings (SSSR count). The average Bonchev–Trinajstić information content (AvgIpc) is 3.42. The molecule has 0 radical (unpaired) electrons. The monoisotopic (exact) mass is 441 g/mol. The van der Waals surface area contributed by atoms with Crippen molar-refractivity contribution in [2.24, 2.45) is 17.6 Å². The zero-order valence-electron chi connectivity index (χ0n) is 18.9. The highest BCUT2D eigenvalue weighted by molar-refractivity contribution is 5.87. The molecule has 0 aromatic heterocycles. The van der Waals surface area contributed by atoms with Crippen molar-refractivity contribution < 1.29 is 14.0 Å². The number of nitriles is 1. The molecule has 0 saturated carbocycles. The van der Waals surface area contributed by atoms with E-state index in [0.29, 0.717) is 32.5 Å². The molecule has 2 amide bonds. The molecule has 32 heavy (non-hydrogen) atoms. The number of piperazine rings is 1. The van der Waals surface area contributed by atoms with Gasteiger partial charge in [0.25, 0.3) is 0 Å². The van der Waals surface area contributed by atoms with Crippen molar-refractivity contribution in [1.82, 2.24) is 14.7 Å². The molecule has 3 aliphatic heterocycles. The van der Waals surface area contributed by atoms with Crippen LogP contribution in [0.3, 0.4) is 0 Å². The van der Waals surface area contributed by atoms with Gasteiger partial charge in [0.15, 0.2) is 0 Å². The Morgan fingerprint density at radius 3 is 2.53 bits per heavy atom. The number of nitrogens with two attached hydrogens (primary N) is 1. The molecule has 2 bridgehead atoms. The summed E-state index contributed by atoms with van der Waals surface area (Å²) >= 11 is 0. The van der Waals surface area contributed by atoms with Crippen LogP contribution in [0.5, 0.6) is 0 Å². The van der Waals surface area contributed by atoms with E-state index in [1.807, 2.05) is 16.7 Å². The lowest BCUT2D eigenvalue weighted by atomic mass is 9.93. The highest BCUT2D eigenvalue weighted by Crippen LogP contribution is 2.41. The second kappa shape index (κ2) is 8.80. The van der Waals surface area contributed by atoms with Gasteiger partial charge in [0.05, 0.1) is 24.2 Å². The molecule has 1 aromatic carbocycles. The molecule has 4 unspecified atom stereocenters. The largest absolute Gasteiger partial charge is 0.330 e. The van der Waals surface area contributed by atoms with Crippen LogP contribution in [0.25, 0.3) is 0 Å². The fraction of sp³-hybridized carbons (Fsp3) is 0.625. The summed E-state index contributed by atoms with van der Waals surface area (Å²) in [5, 5.41) is 9.36. The van der Waals surface area contributed by atoms with Crippen LogP contribution in [0, 0.1) is 29.0 Å². The summed E-state index contributed by atoms with van der Waals surface area (Å²) in [6.07, 6.45) is 1.39. The zero-order valence-corrected chi connectivity index (χ0v) is 18.9. The standard InChI is InChI=1S/C24H32FN5O2/c1-14(2)22(16-4-6-17(25)7-5-16)30-19-9-21(24(30)32)28(12-19)13-20(27)23(31)29-11-15(3)8-18(29)10-26/h4-7,14-15,18-22H,8-9,11-13,27H2,1-3H3/t15?,18?,19-,20?,21?,22-/m0/s1. The third-order valence-corrected chi connectivity index (χ3v) is 7.15. The third kappa shape index (κ3) is 4.00. The van der Waals surface area contributed by atoms with Gasteiger partial charge in [-0.2, -0.15) is 5.26 Å². The average molecular weight is 442 g/mol. The molecule has 2 N–H and O–H groups in total. The Bertz CT molecular complexity index is 914. The zero-order chi connectivity index (χ0) is 23.2. The number of halogens is 1. The normalized spacial score (nSPS) is 29.6. The molecular weight excluding hydrogens is 409 g/mol. The van der Waals surface area contributed by atoms with Crippen LogP contribution in [0.1, 0.15) is 45.2 Å². The van der Waals surface area contributed by atoms with Crippen LogP contribution in [0.2, 0.25) is 0 Å². The van der Waals surface area contributed by atoms with E-state index in [4.69, 9.17) is 5.73 Å². The van der Waals surface area contributed by atoms with Crippen molar-refractivity contribution in [3.05, 3.63) is 35.6 Å². The van der Waals surface area contributed by atoms with Crippen LogP contribution < -0.4 is 5.73 Å². The highest BCUT2D eigenvalue weighted by Gasteiger charge is 2.52. The van der Waals surface area contributed by atoms with E-state index >= 15 is 0 Å². The fourth-order valence-corrected chi connectivity index (χ4v) is 5.74. The number of hydrogen-bond donors (Lipinski definition) is 1. The summed E-state index contributed by atoms with van der Waals surface area (Å²) in [4.78, 5) is 31.8. The van der Waals surface area contributed by atoms with Gasteiger partial charge in [-0.1, -0.05) is 32.9 Å². The summed E-state index contributed by atoms with van der Waals surface area (Å²) in [6, 6.07) is 7.07. The molecule has 6 atom stereocenters. The first-order valence-electron chi connectivity index (χ1n) is 11.5. The lowest BCUT2D eigenvalue weighted by Crippen LogP contribution is -2.57. The first-order valence-corrected chi connectivity index (χ1v) is 11.5. The Hall–Kier alpha value is -2.50. The number of carbonyl (C=O) groups excluding carboxylic acids is 2. The minimum Gasteiger partial charge on any atom is -0.330 e. The molecule has 3 saturated heterocycles. The number of rotatable bonds is 6. The molecule has 0 spiro atoms. The Morgan fingerprint density at radius 1 is 1.25 bits per heavy atom. The summed E-state index contributed by atoms with van der Waals surface area (Å²) in [5.41, 5.74) is 7.20.